The monoisotopic (exact) mass is 271 g/mol. The van der Waals surface area contributed by atoms with Gasteiger partial charge in [0.15, 0.2) is 0 Å². The molecule has 0 aromatic carbocycles. The first-order valence-corrected chi connectivity index (χ1v) is 8.23. The lowest BCUT2D eigenvalue weighted by atomic mass is 9.89. The molecule has 1 saturated carbocycles. The third kappa shape index (κ3) is 3.63. The Kier molecular flexibility index (Phi) is 5.81. The minimum atomic E-state index is 0.286. The molecule has 2 rings (SSSR count). The molecule has 104 valence electrons. The fraction of sp³-hybridized carbons (Fsp3) is 0.933. The van der Waals surface area contributed by atoms with Crippen LogP contribution in [0.15, 0.2) is 0 Å². The molecule has 2 fully saturated rings. The van der Waals surface area contributed by atoms with Gasteiger partial charge in [0, 0.05) is 24.4 Å². The minimum Gasteiger partial charge on any atom is -0.338 e. The molecule has 0 aromatic rings. The van der Waals surface area contributed by atoms with E-state index in [1.165, 1.54) is 38.5 Å². The third-order valence-electron chi connectivity index (χ3n) is 4.54. The number of amides is 1. The van der Waals surface area contributed by atoms with Crippen LogP contribution in [0.4, 0.5) is 0 Å². The second-order valence-corrected chi connectivity index (χ2v) is 6.19. The van der Waals surface area contributed by atoms with Crippen molar-refractivity contribution < 1.29 is 4.79 Å². The largest absolute Gasteiger partial charge is 0.338 e. The van der Waals surface area contributed by atoms with Crippen LogP contribution in [-0.2, 0) is 4.79 Å². The van der Waals surface area contributed by atoms with Gasteiger partial charge in [-0.2, -0.15) is 0 Å². The summed E-state index contributed by atoms with van der Waals surface area (Å²) in [5, 5.41) is 0. The number of carbonyl (C=O) groups excluding carboxylic acids is 1. The molecule has 1 unspecified atom stereocenters. The van der Waals surface area contributed by atoms with Gasteiger partial charge in [0.1, 0.15) is 0 Å². The maximum absolute atomic E-state index is 12.7. The second-order valence-electron chi connectivity index (χ2n) is 5.88. The summed E-state index contributed by atoms with van der Waals surface area (Å²) in [4.78, 5) is 14.8. The Labute approximate surface area is 116 Å². The smallest absolute Gasteiger partial charge is 0.225 e. The van der Waals surface area contributed by atoms with Crippen LogP contribution in [0.25, 0.3) is 0 Å². The summed E-state index contributed by atoms with van der Waals surface area (Å²) < 4.78 is 0. The number of likely N-dealkylation sites (tertiary alicyclic amines) is 1. The Hall–Kier alpha value is -0.240. The van der Waals surface area contributed by atoms with Gasteiger partial charge in [-0.05, 0) is 32.1 Å². The van der Waals surface area contributed by atoms with Crippen LogP contribution in [0.5, 0.6) is 0 Å². The van der Waals surface area contributed by atoms with Crippen LogP contribution in [0.3, 0.4) is 0 Å². The molecule has 0 radical (unpaired) electrons. The van der Waals surface area contributed by atoms with E-state index in [9.17, 15) is 4.79 Å². The average Bonchev–Trinajstić information content (AvgIpc) is 2.37. The van der Waals surface area contributed by atoms with Crippen LogP contribution in [0.2, 0.25) is 0 Å². The van der Waals surface area contributed by atoms with Gasteiger partial charge in [0.05, 0.1) is 0 Å². The zero-order valence-corrected chi connectivity index (χ0v) is 12.1. The quantitative estimate of drug-likeness (QED) is 0.696. The van der Waals surface area contributed by atoms with Crippen LogP contribution in [0.1, 0.15) is 64.2 Å². The highest BCUT2D eigenvalue weighted by molar-refractivity contribution is 6.18. The molecule has 2 aliphatic rings. The van der Waals surface area contributed by atoms with E-state index < -0.39 is 0 Å². The molecule has 2 nitrogen and oxygen atoms in total. The summed E-state index contributed by atoms with van der Waals surface area (Å²) in [6, 6.07) is 0.304. The molecular formula is C15H26ClNO. The lowest BCUT2D eigenvalue weighted by molar-refractivity contribution is -0.139. The van der Waals surface area contributed by atoms with Gasteiger partial charge in [0.2, 0.25) is 5.91 Å². The Morgan fingerprint density at radius 2 is 1.56 bits per heavy atom. The molecule has 1 aliphatic carbocycles. The first kappa shape index (κ1) is 14.2. The van der Waals surface area contributed by atoms with Crippen LogP contribution >= 0.6 is 11.6 Å². The Morgan fingerprint density at radius 1 is 0.944 bits per heavy atom. The summed E-state index contributed by atoms with van der Waals surface area (Å²) in [7, 11) is 0. The third-order valence-corrected chi connectivity index (χ3v) is 4.90. The van der Waals surface area contributed by atoms with Crippen molar-refractivity contribution in [3.63, 3.8) is 0 Å². The molecule has 0 aromatic heterocycles. The van der Waals surface area contributed by atoms with Crippen molar-refractivity contribution in [1.29, 1.82) is 0 Å². The Bertz CT molecular complexity index is 261. The standard InChI is InChI=1S/C15H26ClNO/c16-12-14-10-6-7-11-17(14)15(18)13-8-4-2-1-3-5-9-13/h13-14H,1-12H2. The van der Waals surface area contributed by atoms with Gasteiger partial charge in [-0.1, -0.05) is 32.1 Å². The van der Waals surface area contributed by atoms with E-state index in [1.54, 1.807) is 0 Å². The van der Waals surface area contributed by atoms with Gasteiger partial charge < -0.3 is 4.90 Å². The topological polar surface area (TPSA) is 20.3 Å². The number of hydrogen-bond donors (Lipinski definition) is 0. The van der Waals surface area contributed by atoms with Gasteiger partial charge >= 0.3 is 0 Å². The van der Waals surface area contributed by atoms with Crippen molar-refractivity contribution in [3.05, 3.63) is 0 Å². The van der Waals surface area contributed by atoms with E-state index >= 15 is 0 Å². The SMILES string of the molecule is O=C(C1CCCCCCC1)N1CCCCC1CCl. The fourth-order valence-electron chi connectivity index (χ4n) is 3.39. The van der Waals surface area contributed by atoms with Gasteiger partial charge in [0.25, 0.3) is 0 Å². The average molecular weight is 272 g/mol. The van der Waals surface area contributed by atoms with E-state index in [2.05, 4.69) is 4.90 Å². The molecule has 18 heavy (non-hydrogen) atoms. The highest BCUT2D eigenvalue weighted by Crippen LogP contribution is 2.27. The molecule has 0 spiro atoms. The summed E-state index contributed by atoms with van der Waals surface area (Å²) in [5.74, 6) is 1.30. The van der Waals surface area contributed by atoms with Gasteiger partial charge in [-0.25, -0.2) is 0 Å². The predicted octanol–water partition coefficient (Wildman–Crippen LogP) is 3.97. The van der Waals surface area contributed by atoms with Crippen molar-refractivity contribution >= 4 is 17.5 Å². The number of hydrogen-bond acceptors (Lipinski definition) is 1. The lowest BCUT2D eigenvalue weighted by Gasteiger charge is -2.37. The van der Waals surface area contributed by atoms with Crippen LogP contribution < -0.4 is 0 Å². The van der Waals surface area contributed by atoms with Crippen molar-refractivity contribution in [3.8, 4) is 0 Å². The number of nitrogens with zero attached hydrogens (tertiary/aromatic N) is 1. The predicted molar refractivity (Wildman–Crippen MR) is 75.9 cm³/mol. The highest BCUT2D eigenvalue weighted by atomic mass is 35.5. The molecule has 1 atom stereocenters. The van der Waals surface area contributed by atoms with Gasteiger partial charge in [-0.15, -0.1) is 11.6 Å². The number of piperidine rings is 1. The van der Waals surface area contributed by atoms with E-state index in [1.807, 2.05) is 0 Å². The summed E-state index contributed by atoms with van der Waals surface area (Å²) in [5.41, 5.74) is 0. The first-order valence-electron chi connectivity index (χ1n) is 7.69. The maximum Gasteiger partial charge on any atom is 0.225 e. The molecule has 1 saturated heterocycles. The highest BCUT2D eigenvalue weighted by Gasteiger charge is 2.30. The summed E-state index contributed by atoms with van der Waals surface area (Å²) in [6.45, 7) is 0.937. The van der Waals surface area contributed by atoms with E-state index in [0.29, 0.717) is 17.8 Å². The maximum atomic E-state index is 12.7. The first-order chi connectivity index (χ1) is 8.83. The van der Waals surface area contributed by atoms with Crippen molar-refractivity contribution in [2.75, 3.05) is 12.4 Å². The van der Waals surface area contributed by atoms with Crippen molar-refractivity contribution in [1.82, 2.24) is 4.90 Å². The molecule has 1 aliphatic heterocycles. The fourth-order valence-corrected chi connectivity index (χ4v) is 3.71. The summed E-state index contributed by atoms with van der Waals surface area (Å²) in [6.07, 6.45) is 12.1. The number of halogens is 1. The van der Waals surface area contributed by atoms with Crippen molar-refractivity contribution in [2.45, 2.75) is 70.3 Å². The second kappa shape index (κ2) is 7.37. The molecular weight excluding hydrogens is 246 g/mol. The normalized spacial score (nSPS) is 27.6. The zero-order valence-electron chi connectivity index (χ0n) is 11.4. The molecule has 0 bridgehead atoms. The van der Waals surface area contributed by atoms with Gasteiger partial charge in [-0.3, -0.25) is 4.79 Å². The van der Waals surface area contributed by atoms with E-state index in [4.69, 9.17) is 11.6 Å². The van der Waals surface area contributed by atoms with E-state index in [0.717, 1.165) is 32.2 Å². The number of rotatable bonds is 2. The van der Waals surface area contributed by atoms with Crippen molar-refractivity contribution in [2.24, 2.45) is 5.92 Å². The van der Waals surface area contributed by atoms with E-state index in [-0.39, 0.29) is 5.92 Å². The van der Waals surface area contributed by atoms with Crippen LogP contribution in [0, 0.1) is 5.92 Å². The number of alkyl halides is 1. The molecule has 0 N–H and O–H groups in total. The van der Waals surface area contributed by atoms with Crippen LogP contribution in [-0.4, -0.2) is 29.3 Å². The molecule has 3 heteroatoms. The minimum absolute atomic E-state index is 0.286. The number of carbonyl (C=O) groups is 1. The molecule has 1 heterocycles. The Balaban J connectivity index is 1.94. The molecule has 1 amide bonds. The zero-order chi connectivity index (χ0) is 12.8. The summed E-state index contributed by atoms with van der Waals surface area (Å²) >= 11 is 6.02. The lowest BCUT2D eigenvalue weighted by Crippen LogP contribution is -2.47. The Morgan fingerprint density at radius 3 is 2.22 bits per heavy atom.